The van der Waals surface area contributed by atoms with E-state index in [2.05, 4.69) is 15.5 Å². The van der Waals surface area contributed by atoms with Crippen LogP contribution in [0, 0.1) is 15.9 Å². The van der Waals surface area contributed by atoms with Gasteiger partial charge in [0, 0.05) is 23.4 Å². The van der Waals surface area contributed by atoms with Gasteiger partial charge in [0.15, 0.2) is 11.0 Å². The Morgan fingerprint density at radius 2 is 1.82 bits per heavy atom. The zero-order chi connectivity index (χ0) is 23.4. The second-order valence-corrected chi connectivity index (χ2v) is 8.09. The standard InChI is InChI=1S/C22H15ClFN5O3S/c23-18-12-17(29(31)32)10-11-19(18)25-20(30)13-33-22-27-26-21(14-6-8-15(24)9-7-14)28(22)16-4-2-1-3-5-16/h1-12H,13H2,(H,25,30). The number of anilines is 1. The summed E-state index contributed by atoms with van der Waals surface area (Å²) in [4.78, 5) is 22.8. The largest absolute Gasteiger partial charge is 0.324 e. The number of nitro groups is 1. The number of halogens is 2. The molecule has 1 heterocycles. The van der Waals surface area contributed by atoms with E-state index in [0.29, 0.717) is 16.5 Å². The van der Waals surface area contributed by atoms with Crippen LogP contribution in [0.2, 0.25) is 5.02 Å². The number of thioether (sulfide) groups is 1. The van der Waals surface area contributed by atoms with Gasteiger partial charge in [-0.05, 0) is 42.5 Å². The number of hydrogen-bond acceptors (Lipinski definition) is 6. The Bertz CT molecular complexity index is 1320. The van der Waals surface area contributed by atoms with Gasteiger partial charge in [-0.15, -0.1) is 10.2 Å². The molecule has 0 bridgehead atoms. The third-order valence-corrected chi connectivity index (χ3v) is 5.76. The van der Waals surface area contributed by atoms with E-state index in [9.17, 15) is 19.3 Å². The monoisotopic (exact) mass is 483 g/mol. The summed E-state index contributed by atoms with van der Waals surface area (Å²) in [5.41, 5.74) is 1.55. The lowest BCUT2D eigenvalue weighted by atomic mass is 10.2. The highest BCUT2D eigenvalue weighted by Crippen LogP contribution is 2.29. The molecule has 8 nitrogen and oxygen atoms in total. The number of hydrogen-bond donors (Lipinski definition) is 1. The lowest BCUT2D eigenvalue weighted by Crippen LogP contribution is -2.15. The van der Waals surface area contributed by atoms with Crippen LogP contribution in [-0.2, 0) is 4.79 Å². The van der Waals surface area contributed by atoms with E-state index in [1.54, 1.807) is 16.7 Å². The number of aromatic nitrogens is 3. The van der Waals surface area contributed by atoms with Gasteiger partial charge in [0.05, 0.1) is 21.4 Å². The average molecular weight is 484 g/mol. The lowest BCUT2D eigenvalue weighted by molar-refractivity contribution is -0.384. The van der Waals surface area contributed by atoms with Gasteiger partial charge < -0.3 is 5.32 Å². The van der Waals surface area contributed by atoms with E-state index >= 15 is 0 Å². The molecule has 0 atom stereocenters. The van der Waals surface area contributed by atoms with Gasteiger partial charge in [-0.2, -0.15) is 0 Å². The summed E-state index contributed by atoms with van der Waals surface area (Å²) in [6, 6.07) is 19.0. The molecule has 4 aromatic rings. The summed E-state index contributed by atoms with van der Waals surface area (Å²) in [6.07, 6.45) is 0. The first-order valence-electron chi connectivity index (χ1n) is 9.56. The molecule has 1 amide bonds. The van der Waals surface area contributed by atoms with E-state index in [0.717, 1.165) is 17.4 Å². The van der Waals surface area contributed by atoms with E-state index < -0.39 is 4.92 Å². The maximum absolute atomic E-state index is 13.4. The van der Waals surface area contributed by atoms with Gasteiger partial charge in [0.2, 0.25) is 5.91 Å². The predicted molar refractivity (Wildman–Crippen MR) is 124 cm³/mol. The number of carbonyl (C=O) groups is 1. The SMILES string of the molecule is O=C(CSc1nnc(-c2ccc(F)cc2)n1-c1ccccc1)Nc1ccc([N+](=O)[O-])cc1Cl. The second-order valence-electron chi connectivity index (χ2n) is 6.74. The molecule has 33 heavy (non-hydrogen) atoms. The van der Waals surface area contributed by atoms with Crippen LogP contribution in [0.25, 0.3) is 17.1 Å². The molecule has 0 aliphatic rings. The first-order chi connectivity index (χ1) is 15.9. The Kier molecular flexibility index (Phi) is 6.66. The number of rotatable bonds is 7. The van der Waals surface area contributed by atoms with E-state index in [-0.39, 0.29) is 33.9 Å². The Labute approximate surface area is 196 Å². The average Bonchev–Trinajstić information content (AvgIpc) is 3.24. The summed E-state index contributed by atoms with van der Waals surface area (Å²) in [7, 11) is 0. The highest BCUT2D eigenvalue weighted by atomic mass is 35.5. The van der Waals surface area contributed by atoms with Gasteiger partial charge in [0.25, 0.3) is 5.69 Å². The molecule has 0 aliphatic heterocycles. The molecule has 0 unspecified atom stereocenters. The number of para-hydroxylation sites is 1. The lowest BCUT2D eigenvalue weighted by Gasteiger charge is -2.11. The van der Waals surface area contributed by atoms with Crippen molar-refractivity contribution in [3.63, 3.8) is 0 Å². The quantitative estimate of drug-likeness (QED) is 0.215. The van der Waals surface area contributed by atoms with Crippen LogP contribution < -0.4 is 5.32 Å². The van der Waals surface area contributed by atoms with Crippen molar-refractivity contribution >= 4 is 40.6 Å². The minimum Gasteiger partial charge on any atom is -0.324 e. The third-order valence-electron chi connectivity index (χ3n) is 4.52. The van der Waals surface area contributed by atoms with Gasteiger partial charge in [0.1, 0.15) is 5.82 Å². The summed E-state index contributed by atoms with van der Waals surface area (Å²) in [5.74, 6) is -0.244. The van der Waals surface area contributed by atoms with Crippen molar-refractivity contribution in [3.05, 3.63) is 93.8 Å². The van der Waals surface area contributed by atoms with Gasteiger partial charge >= 0.3 is 0 Å². The van der Waals surface area contributed by atoms with Crippen molar-refractivity contribution in [2.45, 2.75) is 5.16 Å². The maximum atomic E-state index is 13.4. The number of amides is 1. The zero-order valence-corrected chi connectivity index (χ0v) is 18.4. The Morgan fingerprint density at radius 3 is 2.48 bits per heavy atom. The molecule has 0 saturated heterocycles. The van der Waals surface area contributed by atoms with Crippen LogP contribution in [-0.4, -0.2) is 31.3 Å². The maximum Gasteiger partial charge on any atom is 0.271 e. The van der Waals surface area contributed by atoms with Crippen molar-refractivity contribution < 1.29 is 14.1 Å². The Balaban J connectivity index is 1.55. The van der Waals surface area contributed by atoms with Crippen LogP contribution in [0.3, 0.4) is 0 Å². The van der Waals surface area contributed by atoms with E-state index in [4.69, 9.17) is 11.6 Å². The normalized spacial score (nSPS) is 10.7. The summed E-state index contributed by atoms with van der Waals surface area (Å²) in [5, 5.41) is 22.5. The van der Waals surface area contributed by atoms with Crippen molar-refractivity contribution in [1.82, 2.24) is 14.8 Å². The number of nitro benzene ring substituents is 1. The number of non-ortho nitro benzene ring substituents is 1. The number of nitrogens with zero attached hydrogens (tertiary/aromatic N) is 4. The smallest absolute Gasteiger partial charge is 0.271 e. The molecular formula is C22H15ClFN5O3S. The fourth-order valence-corrected chi connectivity index (χ4v) is 3.97. The van der Waals surface area contributed by atoms with Gasteiger partial charge in [-0.25, -0.2) is 4.39 Å². The number of carbonyl (C=O) groups excluding carboxylic acids is 1. The van der Waals surface area contributed by atoms with E-state index in [1.165, 1.54) is 30.3 Å². The topological polar surface area (TPSA) is 103 Å². The molecule has 0 saturated carbocycles. The fraction of sp³-hybridized carbons (Fsp3) is 0.0455. The molecule has 0 aliphatic carbocycles. The molecule has 3 aromatic carbocycles. The summed E-state index contributed by atoms with van der Waals surface area (Å²) in [6.45, 7) is 0. The predicted octanol–water partition coefficient (Wildman–Crippen LogP) is 5.37. The summed E-state index contributed by atoms with van der Waals surface area (Å²) >= 11 is 7.20. The van der Waals surface area contributed by atoms with Crippen LogP contribution >= 0.6 is 23.4 Å². The first kappa shape index (κ1) is 22.4. The zero-order valence-electron chi connectivity index (χ0n) is 16.8. The molecule has 1 aromatic heterocycles. The summed E-state index contributed by atoms with van der Waals surface area (Å²) < 4.78 is 15.2. The van der Waals surface area contributed by atoms with Gasteiger partial charge in [-0.3, -0.25) is 19.5 Å². The molecule has 4 rings (SSSR count). The molecule has 0 fully saturated rings. The Morgan fingerprint density at radius 1 is 1.09 bits per heavy atom. The number of nitrogens with one attached hydrogen (secondary N) is 1. The first-order valence-corrected chi connectivity index (χ1v) is 10.9. The molecule has 0 radical (unpaired) electrons. The number of benzene rings is 3. The highest BCUT2D eigenvalue weighted by molar-refractivity contribution is 7.99. The molecular weight excluding hydrogens is 469 g/mol. The van der Waals surface area contributed by atoms with Gasteiger partial charge in [-0.1, -0.05) is 41.6 Å². The van der Waals surface area contributed by atoms with Crippen LogP contribution in [0.4, 0.5) is 15.8 Å². The van der Waals surface area contributed by atoms with Crippen LogP contribution in [0.15, 0.2) is 78.0 Å². The molecule has 1 N–H and O–H groups in total. The van der Waals surface area contributed by atoms with Crippen molar-refractivity contribution in [2.24, 2.45) is 0 Å². The van der Waals surface area contributed by atoms with E-state index in [1.807, 2.05) is 30.3 Å². The van der Waals surface area contributed by atoms with Crippen molar-refractivity contribution in [3.8, 4) is 17.1 Å². The minimum absolute atomic E-state index is 0.0122. The Hall–Kier alpha value is -3.76. The van der Waals surface area contributed by atoms with Crippen molar-refractivity contribution in [2.75, 3.05) is 11.1 Å². The van der Waals surface area contributed by atoms with Crippen LogP contribution in [0.5, 0.6) is 0 Å². The van der Waals surface area contributed by atoms with Crippen molar-refractivity contribution in [1.29, 1.82) is 0 Å². The van der Waals surface area contributed by atoms with Crippen LogP contribution in [0.1, 0.15) is 0 Å². The third kappa shape index (κ3) is 5.18. The molecule has 0 spiro atoms. The molecule has 166 valence electrons. The highest BCUT2D eigenvalue weighted by Gasteiger charge is 2.18. The fourth-order valence-electron chi connectivity index (χ4n) is 2.99. The second kappa shape index (κ2) is 9.80. The minimum atomic E-state index is -0.567. The molecule has 11 heteroatoms.